The van der Waals surface area contributed by atoms with E-state index in [9.17, 15) is 0 Å². The van der Waals surface area contributed by atoms with E-state index in [2.05, 4.69) is 27.0 Å². The molecular formula is C16H21N3O5. The Morgan fingerprint density at radius 2 is 1.88 bits per heavy atom. The number of imidazole rings is 1. The molecule has 0 bridgehead atoms. The average molecular weight is 335 g/mol. The van der Waals surface area contributed by atoms with E-state index < -0.39 is 11.9 Å². The molecule has 8 heteroatoms. The minimum Gasteiger partial charge on any atom is -0.497 e. The van der Waals surface area contributed by atoms with Crippen LogP contribution in [-0.2, 0) is 22.7 Å². The predicted octanol–water partition coefficient (Wildman–Crippen LogP) is 1.23. The third-order valence-corrected chi connectivity index (χ3v) is 3.00. The molecule has 0 aliphatic heterocycles. The van der Waals surface area contributed by atoms with Crippen LogP contribution in [0.5, 0.6) is 5.75 Å². The summed E-state index contributed by atoms with van der Waals surface area (Å²) in [6.07, 6.45) is 6.75. The zero-order valence-electron chi connectivity index (χ0n) is 13.4. The fraction of sp³-hybridized carbons (Fsp3) is 0.312. The first-order valence-electron chi connectivity index (χ1n) is 7.28. The van der Waals surface area contributed by atoms with Gasteiger partial charge >= 0.3 is 11.9 Å². The number of carboxylic acids is 2. The summed E-state index contributed by atoms with van der Waals surface area (Å²) in [5.41, 5.74) is 1.28. The maximum absolute atomic E-state index is 9.10. The van der Waals surface area contributed by atoms with Crippen molar-refractivity contribution in [3.63, 3.8) is 0 Å². The zero-order valence-corrected chi connectivity index (χ0v) is 13.4. The van der Waals surface area contributed by atoms with Crippen molar-refractivity contribution in [3.05, 3.63) is 48.5 Å². The second-order valence-corrected chi connectivity index (χ2v) is 4.79. The van der Waals surface area contributed by atoms with E-state index in [1.165, 1.54) is 5.56 Å². The normalized spacial score (nSPS) is 9.71. The molecule has 1 aromatic carbocycles. The van der Waals surface area contributed by atoms with Gasteiger partial charge in [0, 0.05) is 25.5 Å². The summed E-state index contributed by atoms with van der Waals surface area (Å²) in [6.45, 7) is 2.91. The molecule has 130 valence electrons. The van der Waals surface area contributed by atoms with Crippen molar-refractivity contribution < 1.29 is 24.5 Å². The van der Waals surface area contributed by atoms with Crippen LogP contribution >= 0.6 is 0 Å². The molecule has 0 aliphatic rings. The number of hydrogen-bond acceptors (Lipinski definition) is 5. The van der Waals surface area contributed by atoms with Crippen molar-refractivity contribution in [2.75, 3.05) is 13.7 Å². The van der Waals surface area contributed by atoms with Gasteiger partial charge < -0.3 is 24.8 Å². The Morgan fingerprint density at radius 3 is 2.38 bits per heavy atom. The Morgan fingerprint density at radius 1 is 1.21 bits per heavy atom. The average Bonchev–Trinajstić information content (AvgIpc) is 3.09. The standard InChI is InChI=1S/C14H19N3O.C2H2O4/c1-18-14-5-3-13(4-6-14)11-15-7-2-9-17-10-8-16-12-17;3-1(4)2(5)6/h3-6,8,10,12,15H,2,7,9,11H2,1H3;(H,3,4)(H,5,6). The molecule has 8 nitrogen and oxygen atoms in total. The minimum absolute atomic E-state index is 0.897. The number of methoxy groups -OCH3 is 1. The van der Waals surface area contributed by atoms with Gasteiger partial charge in [0.05, 0.1) is 13.4 Å². The summed E-state index contributed by atoms with van der Waals surface area (Å²) in [4.78, 5) is 22.2. The maximum Gasteiger partial charge on any atom is 0.414 e. The van der Waals surface area contributed by atoms with Crippen molar-refractivity contribution >= 4 is 11.9 Å². The molecule has 0 unspecified atom stereocenters. The van der Waals surface area contributed by atoms with Gasteiger partial charge in [-0.25, -0.2) is 14.6 Å². The van der Waals surface area contributed by atoms with Gasteiger partial charge in [0.1, 0.15) is 5.75 Å². The maximum atomic E-state index is 9.10. The molecule has 1 aromatic heterocycles. The molecule has 0 amide bonds. The van der Waals surface area contributed by atoms with E-state index in [4.69, 9.17) is 24.5 Å². The summed E-state index contributed by atoms with van der Waals surface area (Å²) in [6, 6.07) is 8.15. The molecule has 0 spiro atoms. The molecule has 2 rings (SSSR count). The first-order chi connectivity index (χ1) is 11.5. The smallest absolute Gasteiger partial charge is 0.414 e. The lowest BCUT2D eigenvalue weighted by atomic mass is 10.2. The van der Waals surface area contributed by atoms with Gasteiger partial charge in [-0.1, -0.05) is 12.1 Å². The molecule has 0 saturated heterocycles. The molecule has 0 aliphatic carbocycles. The number of benzene rings is 1. The lowest BCUT2D eigenvalue weighted by molar-refractivity contribution is -0.159. The van der Waals surface area contributed by atoms with Crippen LogP contribution in [0.1, 0.15) is 12.0 Å². The van der Waals surface area contributed by atoms with Gasteiger partial charge in [-0.05, 0) is 30.7 Å². The number of hydrogen-bond donors (Lipinski definition) is 3. The first-order valence-corrected chi connectivity index (χ1v) is 7.28. The summed E-state index contributed by atoms with van der Waals surface area (Å²) in [5, 5.41) is 18.2. The van der Waals surface area contributed by atoms with Crippen LogP contribution in [0.25, 0.3) is 0 Å². The van der Waals surface area contributed by atoms with Gasteiger partial charge in [0.15, 0.2) is 0 Å². The number of carbonyl (C=O) groups is 2. The van der Waals surface area contributed by atoms with E-state index in [-0.39, 0.29) is 0 Å². The van der Waals surface area contributed by atoms with Crippen LogP contribution in [0.4, 0.5) is 0 Å². The van der Waals surface area contributed by atoms with Gasteiger partial charge in [-0.2, -0.15) is 0 Å². The SMILES string of the molecule is COc1ccc(CNCCCn2ccnc2)cc1.O=C(O)C(=O)O. The van der Waals surface area contributed by atoms with E-state index in [0.717, 1.165) is 31.8 Å². The number of nitrogens with zero attached hydrogens (tertiary/aromatic N) is 2. The third kappa shape index (κ3) is 7.95. The lowest BCUT2D eigenvalue weighted by Crippen LogP contribution is -2.16. The Balaban J connectivity index is 0.000000413. The van der Waals surface area contributed by atoms with Crippen LogP contribution in [0.15, 0.2) is 43.0 Å². The van der Waals surface area contributed by atoms with Crippen LogP contribution in [0, 0.1) is 0 Å². The van der Waals surface area contributed by atoms with Crippen molar-refractivity contribution in [3.8, 4) is 5.75 Å². The predicted molar refractivity (Wildman–Crippen MR) is 86.8 cm³/mol. The minimum atomic E-state index is -1.82. The van der Waals surface area contributed by atoms with E-state index >= 15 is 0 Å². The molecule has 24 heavy (non-hydrogen) atoms. The summed E-state index contributed by atoms with van der Waals surface area (Å²) in [5.74, 6) is -2.75. The number of nitrogens with one attached hydrogen (secondary N) is 1. The molecule has 0 atom stereocenters. The molecule has 3 N–H and O–H groups in total. The fourth-order valence-corrected chi connectivity index (χ4v) is 1.78. The van der Waals surface area contributed by atoms with Crippen LogP contribution in [0.3, 0.4) is 0 Å². The van der Waals surface area contributed by atoms with Gasteiger partial charge in [0.2, 0.25) is 0 Å². The monoisotopic (exact) mass is 335 g/mol. The largest absolute Gasteiger partial charge is 0.497 e. The number of rotatable bonds is 7. The molecule has 0 saturated carbocycles. The third-order valence-electron chi connectivity index (χ3n) is 3.00. The highest BCUT2D eigenvalue weighted by molar-refractivity contribution is 6.27. The Kier molecular flexibility index (Phi) is 8.62. The number of aryl methyl sites for hydroxylation is 1. The second kappa shape index (κ2) is 10.8. The number of ether oxygens (including phenoxy) is 1. The van der Waals surface area contributed by atoms with E-state index in [1.807, 2.05) is 30.9 Å². The van der Waals surface area contributed by atoms with Crippen molar-refractivity contribution in [2.24, 2.45) is 0 Å². The summed E-state index contributed by atoms with van der Waals surface area (Å²) in [7, 11) is 1.68. The van der Waals surface area contributed by atoms with Crippen LogP contribution < -0.4 is 10.1 Å². The quantitative estimate of drug-likeness (QED) is 0.515. The number of aliphatic carboxylic acids is 2. The van der Waals surface area contributed by atoms with Gasteiger partial charge in [0.25, 0.3) is 0 Å². The summed E-state index contributed by atoms with van der Waals surface area (Å²) >= 11 is 0. The molecular weight excluding hydrogens is 314 g/mol. The number of aromatic nitrogens is 2. The highest BCUT2D eigenvalue weighted by Gasteiger charge is 2.04. The molecule has 1 heterocycles. The van der Waals surface area contributed by atoms with Crippen molar-refractivity contribution in [2.45, 2.75) is 19.5 Å². The van der Waals surface area contributed by atoms with Gasteiger partial charge in [-0.15, -0.1) is 0 Å². The highest BCUT2D eigenvalue weighted by Crippen LogP contribution is 2.10. The second-order valence-electron chi connectivity index (χ2n) is 4.79. The summed E-state index contributed by atoms with van der Waals surface area (Å²) < 4.78 is 7.22. The van der Waals surface area contributed by atoms with Crippen molar-refractivity contribution in [1.29, 1.82) is 0 Å². The molecule has 0 fully saturated rings. The van der Waals surface area contributed by atoms with Crippen LogP contribution in [0.2, 0.25) is 0 Å². The van der Waals surface area contributed by atoms with E-state index in [1.54, 1.807) is 7.11 Å². The Hall–Kier alpha value is -2.87. The topological polar surface area (TPSA) is 114 Å². The van der Waals surface area contributed by atoms with Crippen LogP contribution in [-0.4, -0.2) is 45.4 Å². The highest BCUT2D eigenvalue weighted by atomic mass is 16.5. The Bertz CT molecular complexity index is 599. The number of carboxylic acid groups (broad SMARTS) is 2. The molecule has 2 aromatic rings. The first kappa shape index (κ1) is 19.2. The Labute approximate surface area is 139 Å². The molecule has 0 radical (unpaired) electrons. The zero-order chi connectivity index (χ0) is 17.8. The van der Waals surface area contributed by atoms with Crippen molar-refractivity contribution in [1.82, 2.24) is 14.9 Å². The van der Waals surface area contributed by atoms with E-state index in [0.29, 0.717) is 0 Å². The fourth-order valence-electron chi connectivity index (χ4n) is 1.78. The lowest BCUT2D eigenvalue weighted by Gasteiger charge is -2.06. The van der Waals surface area contributed by atoms with Gasteiger partial charge in [-0.3, -0.25) is 0 Å².